The number of carbonyl (C=O) groups excluding carboxylic acids is 1. The van der Waals surface area contributed by atoms with Crippen molar-refractivity contribution in [2.75, 3.05) is 24.5 Å². The second-order valence-corrected chi connectivity index (χ2v) is 10.6. The van der Waals surface area contributed by atoms with Gasteiger partial charge in [-0.1, -0.05) is 30.3 Å². The van der Waals surface area contributed by atoms with Crippen LogP contribution in [0.15, 0.2) is 36.4 Å². The van der Waals surface area contributed by atoms with Gasteiger partial charge in [0.25, 0.3) is 0 Å². The zero-order chi connectivity index (χ0) is 23.0. The predicted molar refractivity (Wildman–Crippen MR) is 132 cm³/mol. The summed E-state index contributed by atoms with van der Waals surface area (Å²) in [5.74, 6) is 1.10. The van der Waals surface area contributed by atoms with Crippen LogP contribution in [0.3, 0.4) is 0 Å². The van der Waals surface area contributed by atoms with Gasteiger partial charge in [-0.05, 0) is 58.1 Å². The molecule has 1 aromatic carbocycles. The van der Waals surface area contributed by atoms with Crippen LogP contribution in [-0.2, 0) is 11.3 Å². The summed E-state index contributed by atoms with van der Waals surface area (Å²) in [5, 5.41) is 1.05. The first-order valence-electron chi connectivity index (χ1n) is 11.8. The molecule has 0 aliphatic carbocycles. The van der Waals surface area contributed by atoms with Crippen LogP contribution in [0.4, 0.5) is 5.95 Å². The van der Waals surface area contributed by atoms with Crippen LogP contribution >= 0.6 is 11.3 Å². The number of amides is 1. The van der Waals surface area contributed by atoms with Gasteiger partial charge in [-0.3, -0.25) is 4.79 Å². The van der Waals surface area contributed by atoms with Crippen molar-refractivity contribution in [2.24, 2.45) is 5.41 Å². The van der Waals surface area contributed by atoms with E-state index in [9.17, 15) is 4.79 Å². The highest BCUT2D eigenvalue weighted by Gasteiger charge is 2.46. The molecule has 2 saturated heterocycles. The second-order valence-electron chi connectivity index (χ2n) is 9.42. The smallest absolute Gasteiger partial charge is 0.229 e. The lowest BCUT2D eigenvalue weighted by atomic mass is 9.71. The maximum absolute atomic E-state index is 13.8. The molecule has 33 heavy (non-hydrogen) atoms. The Morgan fingerprint density at radius 1 is 0.939 bits per heavy atom. The number of carbonyl (C=O) groups is 1. The number of aryl methyl sites for hydroxylation is 3. The Bertz CT molecular complexity index is 1130. The molecule has 0 N–H and O–H groups in total. The van der Waals surface area contributed by atoms with E-state index < -0.39 is 0 Å². The Morgan fingerprint density at radius 3 is 2.33 bits per heavy atom. The zero-order valence-corrected chi connectivity index (χ0v) is 20.5. The third-order valence-electron chi connectivity index (χ3n) is 6.98. The summed E-state index contributed by atoms with van der Waals surface area (Å²) in [6, 6.07) is 12.4. The van der Waals surface area contributed by atoms with Gasteiger partial charge in [0.15, 0.2) is 0 Å². The average Bonchev–Trinajstić information content (AvgIpc) is 3.17. The number of anilines is 1. The van der Waals surface area contributed by atoms with E-state index in [1.807, 2.05) is 32.9 Å². The number of rotatable bonds is 4. The van der Waals surface area contributed by atoms with Gasteiger partial charge in [0.05, 0.1) is 27.5 Å². The predicted octanol–water partition coefficient (Wildman–Crippen LogP) is 4.93. The Balaban J connectivity index is 1.32. The highest BCUT2D eigenvalue weighted by molar-refractivity contribution is 7.15. The normalized spacial score (nSPS) is 18.2. The fourth-order valence-corrected chi connectivity index (χ4v) is 6.26. The molecule has 0 bridgehead atoms. The summed E-state index contributed by atoms with van der Waals surface area (Å²) in [7, 11) is 0. The van der Waals surface area contributed by atoms with Crippen LogP contribution in [0, 0.1) is 26.2 Å². The van der Waals surface area contributed by atoms with E-state index in [2.05, 4.69) is 44.0 Å². The van der Waals surface area contributed by atoms with Gasteiger partial charge < -0.3 is 9.80 Å². The van der Waals surface area contributed by atoms with Gasteiger partial charge in [-0.15, -0.1) is 11.3 Å². The molecule has 0 atom stereocenters. The summed E-state index contributed by atoms with van der Waals surface area (Å²) in [6.07, 6.45) is 3.75. The number of aromatic nitrogens is 3. The summed E-state index contributed by atoms with van der Waals surface area (Å²) in [6.45, 7) is 9.13. The molecule has 1 amide bonds. The molecular weight excluding hydrogens is 430 g/mol. The Morgan fingerprint density at radius 2 is 1.64 bits per heavy atom. The van der Waals surface area contributed by atoms with Crippen molar-refractivity contribution in [3.63, 3.8) is 0 Å². The van der Waals surface area contributed by atoms with E-state index in [-0.39, 0.29) is 5.41 Å². The van der Waals surface area contributed by atoms with E-state index in [1.54, 1.807) is 11.3 Å². The van der Waals surface area contributed by atoms with Crippen molar-refractivity contribution < 1.29 is 4.79 Å². The van der Waals surface area contributed by atoms with Gasteiger partial charge in [0, 0.05) is 31.0 Å². The number of thiazole rings is 1. The molecule has 2 aromatic heterocycles. The molecular formula is C26H31N5OS. The molecule has 2 aliphatic heterocycles. The van der Waals surface area contributed by atoms with Crippen LogP contribution in [0.5, 0.6) is 0 Å². The van der Waals surface area contributed by atoms with Crippen LogP contribution in [0.25, 0.3) is 10.4 Å². The van der Waals surface area contributed by atoms with Crippen LogP contribution in [-0.4, -0.2) is 45.4 Å². The topological polar surface area (TPSA) is 62.2 Å². The molecule has 3 aromatic rings. The minimum Gasteiger partial charge on any atom is -0.341 e. The number of hydrogen-bond acceptors (Lipinski definition) is 6. The van der Waals surface area contributed by atoms with E-state index >= 15 is 0 Å². The number of benzene rings is 1. The van der Waals surface area contributed by atoms with Gasteiger partial charge in [-0.25, -0.2) is 15.0 Å². The highest BCUT2D eigenvalue weighted by Crippen LogP contribution is 2.42. The van der Waals surface area contributed by atoms with Gasteiger partial charge >= 0.3 is 0 Å². The summed E-state index contributed by atoms with van der Waals surface area (Å²) >= 11 is 1.71. The molecule has 6 nitrogen and oxygen atoms in total. The van der Waals surface area contributed by atoms with Crippen molar-refractivity contribution in [2.45, 2.75) is 53.0 Å². The molecule has 5 rings (SSSR count). The van der Waals surface area contributed by atoms with Gasteiger partial charge in [-0.2, -0.15) is 0 Å². The highest BCUT2D eigenvalue weighted by atomic mass is 32.1. The Labute approximate surface area is 199 Å². The minimum atomic E-state index is -0.258. The molecule has 172 valence electrons. The van der Waals surface area contributed by atoms with Gasteiger partial charge in [0.1, 0.15) is 0 Å². The molecule has 1 spiro atoms. The molecule has 0 unspecified atom stereocenters. The fraction of sp³-hybridized carbons (Fsp3) is 0.462. The maximum Gasteiger partial charge on any atom is 0.229 e. The van der Waals surface area contributed by atoms with Gasteiger partial charge in [0.2, 0.25) is 11.9 Å². The lowest BCUT2D eigenvalue weighted by molar-refractivity contribution is -0.148. The molecule has 7 heteroatoms. The summed E-state index contributed by atoms with van der Waals surface area (Å²) in [4.78, 5) is 33.3. The Hall–Kier alpha value is -2.80. The molecule has 4 heterocycles. The lowest BCUT2D eigenvalue weighted by Crippen LogP contribution is -2.53. The third kappa shape index (κ3) is 4.38. The maximum atomic E-state index is 13.8. The van der Waals surface area contributed by atoms with E-state index in [1.165, 1.54) is 10.4 Å². The zero-order valence-electron chi connectivity index (χ0n) is 19.7. The SMILES string of the molecule is Cc1cc(C)nc(N2CCC3(CCCN(Cc4nc(C)sc4-c4ccccc4)C3=O)CC2)n1. The first-order chi connectivity index (χ1) is 15.9. The fourth-order valence-electron chi connectivity index (χ4n) is 5.32. The van der Waals surface area contributed by atoms with Crippen molar-refractivity contribution in [3.05, 3.63) is 58.5 Å². The largest absolute Gasteiger partial charge is 0.341 e. The number of piperidine rings is 2. The first kappa shape index (κ1) is 22.0. The van der Waals surface area contributed by atoms with E-state index in [0.717, 1.165) is 73.4 Å². The minimum absolute atomic E-state index is 0.258. The molecule has 0 radical (unpaired) electrons. The Kier molecular flexibility index (Phi) is 5.91. The average molecular weight is 462 g/mol. The lowest BCUT2D eigenvalue weighted by Gasteiger charge is -2.46. The second kappa shape index (κ2) is 8.86. The summed E-state index contributed by atoms with van der Waals surface area (Å²) < 4.78 is 0. The van der Waals surface area contributed by atoms with Crippen LogP contribution in [0.1, 0.15) is 47.8 Å². The first-order valence-corrected chi connectivity index (χ1v) is 12.6. The summed E-state index contributed by atoms with van der Waals surface area (Å²) in [5.41, 5.74) is 3.93. The third-order valence-corrected chi connectivity index (χ3v) is 8.04. The van der Waals surface area contributed by atoms with Crippen molar-refractivity contribution in [1.82, 2.24) is 19.9 Å². The number of likely N-dealkylation sites (tertiary alicyclic amines) is 1. The van der Waals surface area contributed by atoms with Crippen molar-refractivity contribution in [3.8, 4) is 10.4 Å². The monoisotopic (exact) mass is 461 g/mol. The van der Waals surface area contributed by atoms with Crippen LogP contribution in [0.2, 0.25) is 0 Å². The van der Waals surface area contributed by atoms with Crippen molar-refractivity contribution in [1.29, 1.82) is 0 Å². The van der Waals surface area contributed by atoms with Crippen LogP contribution < -0.4 is 4.90 Å². The molecule has 0 saturated carbocycles. The number of nitrogens with zero attached hydrogens (tertiary/aromatic N) is 5. The van der Waals surface area contributed by atoms with E-state index in [0.29, 0.717) is 12.5 Å². The molecule has 2 fully saturated rings. The molecule has 2 aliphatic rings. The van der Waals surface area contributed by atoms with E-state index in [4.69, 9.17) is 4.98 Å². The quantitative estimate of drug-likeness (QED) is 0.551. The number of hydrogen-bond donors (Lipinski definition) is 0. The standard InChI is InChI=1S/C26H31N5OS/c1-18-16-19(2)28-25(27-18)30-14-11-26(12-15-30)10-7-13-31(24(26)32)17-22-23(33-20(3)29-22)21-8-5-4-6-9-21/h4-6,8-9,16H,7,10-15,17H2,1-3H3. The van der Waals surface area contributed by atoms with Crippen molar-refractivity contribution >= 4 is 23.2 Å².